The summed E-state index contributed by atoms with van der Waals surface area (Å²) < 4.78 is 14.9. The first-order chi connectivity index (χ1) is 9.47. The van der Waals surface area contributed by atoms with E-state index >= 15 is 0 Å². The van der Waals surface area contributed by atoms with Gasteiger partial charge in [-0.2, -0.15) is 0 Å². The molecular weight excluding hydrogens is 265 g/mol. The Hall–Kier alpha value is -1.53. The van der Waals surface area contributed by atoms with Crippen LogP contribution in [-0.2, 0) is 4.57 Å². The molecule has 2 aromatic carbocycles. The van der Waals surface area contributed by atoms with Gasteiger partial charge in [-0.05, 0) is 29.7 Å². The minimum Gasteiger partial charge on any atom is -0.303 e. The second-order valence-corrected chi connectivity index (χ2v) is 7.73. The van der Waals surface area contributed by atoms with E-state index in [-0.39, 0.29) is 5.41 Å². The van der Waals surface area contributed by atoms with Crippen LogP contribution in [0, 0.1) is 5.41 Å². The molecule has 2 aromatic rings. The van der Waals surface area contributed by atoms with E-state index in [1.165, 1.54) is 0 Å². The van der Waals surface area contributed by atoms with Crippen LogP contribution in [0.1, 0.15) is 20.8 Å². The Kier molecular flexibility index (Phi) is 4.67. The predicted molar refractivity (Wildman–Crippen MR) is 88.3 cm³/mol. The Balaban J connectivity index is 2.38. The van der Waals surface area contributed by atoms with E-state index in [1.54, 1.807) is 0 Å². The lowest BCUT2D eigenvalue weighted by atomic mass is 10.0. The molecule has 0 saturated heterocycles. The van der Waals surface area contributed by atoms with Crippen molar-refractivity contribution in [1.82, 2.24) is 0 Å². The van der Waals surface area contributed by atoms with Gasteiger partial charge in [0, 0.05) is 17.5 Å². The molecule has 1 atom stereocenters. The van der Waals surface area contributed by atoms with Crippen molar-refractivity contribution in [3.8, 4) is 0 Å². The molecule has 0 aliphatic rings. The lowest BCUT2D eigenvalue weighted by molar-refractivity contribution is 0.466. The van der Waals surface area contributed by atoms with Crippen LogP contribution in [0.4, 0.5) is 11.4 Å². The third-order valence-electron chi connectivity index (χ3n) is 2.96. The summed E-state index contributed by atoms with van der Waals surface area (Å²) in [5.74, 6) is 0. The van der Waals surface area contributed by atoms with Gasteiger partial charge in [-0.3, -0.25) is 4.67 Å². The van der Waals surface area contributed by atoms with Gasteiger partial charge in [-0.15, -0.1) is 0 Å². The van der Waals surface area contributed by atoms with Crippen LogP contribution >= 0.6 is 7.95 Å². The molecule has 2 nitrogen and oxygen atoms in total. The van der Waals surface area contributed by atoms with Crippen LogP contribution < -0.4 is 4.67 Å². The highest BCUT2D eigenvalue weighted by Crippen LogP contribution is 2.43. The van der Waals surface area contributed by atoms with Crippen LogP contribution in [0.25, 0.3) is 0 Å². The van der Waals surface area contributed by atoms with Gasteiger partial charge < -0.3 is 4.57 Å². The van der Waals surface area contributed by atoms with E-state index in [2.05, 4.69) is 20.8 Å². The van der Waals surface area contributed by atoms with Crippen LogP contribution in [0.2, 0.25) is 0 Å². The highest BCUT2D eigenvalue weighted by atomic mass is 31.1. The van der Waals surface area contributed by atoms with Crippen molar-refractivity contribution in [3.05, 3.63) is 60.7 Å². The molecule has 20 heavy (non-hydrogen) atoms. The molecule has 2 rings (SSSR count). The molecule has 0 radical (unpaired) electrons. The summed E-state index contributed by atoms with van der Waals surface area (Å²) in [6.07, 6.45) is 0.696. The predicted octanol–water partition coefficient (Wildman–Crippen LogP) is 5.35. The molecule has 0 aliphatic heterocycles. The zero-order valence-electron chi connectivity index (χ0n) is 12.3. The summed E-state index contributed by atoms with van der Waals surface area (Å²) in [6, 6.07) is 19.9. The summed E-state index contributed by atoms with van der Waals surface area (Å²) in [4.78, 5) is 0. The summed E-state index contributed by atoms with van der Waals surface area (Å²) in [5.41, 5.74) is 2.04. The van der Waals surface area contributed by atoms with Crippen molar-refractivity contribution in [2.45, 2.75) is 20.8 Å². The van der Waals surface area contributed by atoms with Gasteiger partial charge in [0.25, 0.3) is 0 Å². The fourth-order valence-corrected chi connectivity index (χ4v) is 4.06. The summed E-state index contributed by atoms with van der Waals surface area (Å²) >= 11 is 0. The molecule has 0 N–H and O–H groups in total. The average molecular weight is 287 g/mol. The smallest absolute Gasteiger partial charge is 0.165 e. The second-order valence-electron chi connectivity index (χ2n) is 6.14. The van der Waals surface area contributed by atoms with Gasteiger partial charge in [0.05, 0.1) is 0 Å². The molecule has 1 unspecified atom stereocenters. The SMILES string of the molecule is CC(C)(C)C[PH](=O)N(c1ccccc1)c1ccccc1. The van der Waals surface area contributed by atoms with Crippen LogP contribution in [0.3, 0.4) is 0 Å². The monoisotopic (exact) mass is 287 g/mol. The van der Waals surface area contributed by atoms with Crippen molar-refractivity contribution in [2.24, 2.45) is 5.41 Å². The molecular formula is C17H22NOP. The molecule has 0 spiro atoms. The lowest BCUT2D eigenvalue weighted by Gasteiger charge is -2.28. The molecule has 0 bridgehead atoms. The van der Waals surface area contributed by atoms with Crippen molar-refractivity contribution in [1.29, 1.82) is 0 Å². The summed E-state index contributed by atoms with van der Waals surface area (Å²) in [7, 11) is -1.91. The molecule has 0 saturated carbocycles. The third kappa shape index (κ3) is 3.98. The van der Waals surface area contributed by atoms with Gasteiger partial charge in [0.1, 0.15) is 0 Å². The maximum atomic E-state index is 12.9. The molecule has 0 heterocycles. The number of nitrogens with zero attached hydrogens (tertiary/aromatic N) is 1. The Bertz CT molecular complexity index is 521. The zero-order valence-corrected chi connectivity index (χ0v) is 13.3. The fourth-order valence-electron chi connectivity index (χ4n) is 2.12. The molecule has 0 aliphatic carbocycles. The third-order valence-corrected chi connectivity index (χ3v) is 5.34. The number of para-hydroxylation sites is 2. The Morgan fingerprint density at radius 2 is 1.25 bits per heavy atom. The van der Waals surface area contributed by atoms with Crippen molar-refractivity contribution < 1.29 is 4.57 Å². The molecule has 0 amide bonds. The molecule has 0 aromatic heterocycles. The van der Waals surface area contributed by atoms with Crippen molar-refractivity contribution >= 4 is 19.3 Å². The topological polar surface area (TPSA) is 20.3 Å². The first-order valence-electron chi connectivity index (χ1n) is 6.90. The first kappa shape index (κ1) is 14.9. The highest BCUT2D eigenvalue weighted by molar-refractivity contribution is 7.47. The van der Waals surface area contributed by atoms with Crippen molar-refractivity contribution in [3.63, 3.8) is 0 Å². The quantitative estimate of drug-likeness (QED) is 0.707. The highest BCUT2D eigenvalue weighted by Gasteiger charge is 2.21. The number of benzene rings is 2. The van der Waals surface area contributed by atoms with Crippen LogP contribution in [-0.4, -0.2) is 6.16 Å². The van der Waals surface area contributed by atoms with Gasteiger partial charge in [0.15, 0.2) is 7.95 Å². The normalized spacial score (nSPS) is 12.9. The van der Waals surface area contributed by atoms with E-state index in [9.17, 15) is 4.57 Å². The van der Waals surface area contributed by atoms with Crippen molar-refractivity contribution in [2.75, 3.05) is 10.8 Å². The lowest BCUT2D eigenvalue weighted by Crippen LogP contribution is -2.15. The minimum atomic E-state index is -1.91. The second kappa shape index (κ2) is 6.28. The maximum absolute atomic E-state index is 12.9. The standard InChI is InChI=1S/C17H22NOP/c1-17(2,3)14-20(19)18(15-10-6-4-7-11-15)16-12-8-5-9-13-16/h4-13,20H,14H2,1-3H3. The number of hydrogen-bond donors (Lipinski definition) is 0. The van der Waals surface area contributed by atoms with Gasteiger partial charge in [-0.25, -0.2) is 0 Å². The Morgan fingerprint density at radius 3 is 1.60 bits per heavy atom. The van der Waals surface area contributed by atoms with Crippen LogP contribution in [0.15, 0.2) is 60.7 Å². The molecule has 106 valence electrons. The largest absolute Gasteiger partial charge is 0.303 e. The van der Waals surface area contributed by atoms with Gasteiger partial charge in [-0.1, -0.05) is 57.2 Å². The minimum absolute atomic E-state index is 0.0534. The zero-order chi connectivity index (χ0) is 14.6. The van der Waals surface area contributed by atoms with Gasteiger partial charge >= 0.3 is 0 Å². The number of rotatable bonds is 4. The average Bonchev–Trinajstić information content (AvgIpc) is 2.39. The van der Waals surface area contributed by atoms with Gasteiger partial charge in [0.2, 0.25) is 0 Å². The Labute approximate surface area is 122 Å². The molecule has 3 heteroatoms. The van der Waals surface area contributed by atoms with E-state index in [1.807, 2.05) is 65.3 Å². The van der Waals surface area contributed by atoms with E-state index in [0.717, 1.165) is 11.4 Å². The number of hydrogen-bond acceptors (Lipinski definition) is 1. The number of anilines is 2. The fraction of sp³-hybridized carbons (Fsp3) is 0.294. The van der Waals surface area contributed by atoms with E-state index < -0.39 is 7.95 Å². The molecule has 0 fully saturated rings. The Morgan fingerprint density at radius 1 is 0.850 bits per heavy atom. The van der Waals surface area contributed by atoms with E-state index in [4.69, 9.17) is 0 Å². The summed E-state index contributed by atoms with van der Waals surface area (Å²) in [6.45, 7) is 6.39. The van der Waals surface area contributed by atoms with Crippen LogP contribution in [0.5, 0.6) is 0 Å². The first-order valence-corrected chi connectivity index (χ1v) is 8.47. The summed E-state index contributed by atoms with van der Waals surface area (Å²) in [5, 5.41) is 0. The maximum Gasteiger partial charge on any atom is 0.165 e. The van der Waals surface area contributed by atoms with E-state index in [0.29, 0.717) is 6.16 Å².